The van der Waals surface area contributed by atoms with Gasteiger partial charge in [0, 0.05) is 20.1 Å². The van der Waals surface area contributed by atoms with Crippen molar-refractivity contribution >= 4 is 11.8 Å². The Labute approximate surface area is 126 Å². The van der Waals surface area contributed by atoms with Gasteiger partial charge in [-0.05, 0) is 31.5 Å². The van der Waals surface area contributed by atoms with Gasteiger partial charge in [0.1, 0.15) is 5.75 Å². The molecule has 1 rings (SSSR count). The van der Waals surface area contributed by atoms with Gasteiger partial charge in [-0.3, -0.25) is 9.59 Å². The van der Waals surface area contributed by atoms with E-state index in [-0.39, 0.29) is 24.8 Å². The van der Waals surface area contributed by atoms with Gasteiger partial charge in [0.2, 0.25) is 11.8 Å². The Balaban J connectivity index is 2.55. The van der Waals surface area contributed by atoms with E-state index in [1.807, 2.05) is 38.1 Å². The van der Waals surface area contributed by atoms with E-state index in [9.17, 15) is 9.59 Å². The highest BCUT2D eigenvalue weighted by atomic mass is 16.5. The summed E-state index contributed by atoms with van der Waals surface area (Å²) < 4.78 is 5.08. The first-order chi connectivity index (χ1) is 10.0. The van der Waals surface area contributed by atoms with Crippen LogP contribution in [0.25, 0.3) is 0 Å². The average molecular weight is 292 g/mol. The molecule has 116 valence electrons. The number of rotatable bonds is 7. The van der Waals surface area contributed by atoms with Crippen LogP contribution in [0.3, 0.4) is 0 Å². The summed E-state index contributed by atoms with van der Waals surface area (Å²) in [4.78, 5) is 27.3. The van der Waals surface area contributed by atoms with E-state index >= 15 is 0 Å². The minimum Gasteiger partial charge on any atom is -0.497 e. The van der Waals surface area contributed by atoms with Crippen molar-refractivity contribution in [2.45, 2.75) is 20.3 Å². The summed E-state index contributed by atoms with van der Waals surface area (Å²) >= 11 is 0. The fourth-order valence-electron chi connectivity index (χ4n) is 2.02. The van der Waals surface area contributed by atoms with Crippen LogP contribution in [-0.2, 0) is 16.0 Å². The first kappa shape index (κ1) is 17.0. The Morgan fingerprint density at radius 1 is 1.05 bits per heavy atom. The smallest absolute Gasteiger partial charge is 0.242 e. The standard InChI is InChI=1S/C16H24N2O3/c1-5-18(6-2)16(20)12-17(3)15(19)11-13-7-9-14(21-4)10-8-13/h7-10H,5-6,11-12H2,1-4H3. The molecule has 0 aromatic heterocycles. The SMILES string of the molecule is CCN(CC)C(=O)CN(C)C(=O)Cc1ccc(OC)cc1. The quantitative estimate of drug-likeness (QED) is 0.766. The predicted octanol–water partition coefficient (Wildman–Crippen LogP) is 1.56. The van der Waals surface area contributed by atoms with Gasteiger partial charge >= 0.3 is 0 Å². The highest BCUT2D eigenvalue weighted by Crippen LogP contribution is 2.12. The van der Waals surface area contributed by atoms with Crippen molar-refractivity contribution < 1.29 is 14.3 Å². The highest BCUT2D eigenvalue weighted by molar-refractivity contribution is 5.85. The summed E-state index contributed by atoms with van der Waals surface area (Å²) in [7, 11) is 3.26. The van der Waals surface area contributed by atoms with Crippen LogP contribution in [0.15, 0.2) is 24.3 Å². The monoisotopic (exact) mass is 292 g/mol. The molecule has 1 aromatic carbocycles. The number of amides is 2. The molecular weight excluding hydrogens is 268 g/mol. The van der Waals surface area contributed by atoms with Gasteiger partial charge in [-0.1, -0.05) is 12.1 Å². The van der Waals surface area contributed by atoms with Gasteiger partial charge in [0.15, 0.2) is 0 Å². The lowest BCUT2D eigenvalue weighted by Gasteiger charge is -2.23. The average Bonchev–Trinajstić information content (AvgIpc) is 2.49. The molecule has 0 bridgehead atoms. The number of nitrogens with zero attached hydrogens (tertiary/aromatic N) is 2. The molecule has 0 aliphatic rings. The van der Waals surface area contributed by atoms with Crippen LogP contribution < -0.4 is 4.74 Å². The molecule has 0 spiro atoms. The van der Waals surface area contributed by atoms with Crippen molar-refractivity contribution in [3.05, 3.63) is 29.8 Å². The van der Waals surface area contributed by atoms with E-state index in [1.54, 1.807) is 19.1 Å². The summed E-state index contributed by atoms with van der Waals surface area (Å²) in [5, 5.41) is 0. The van der Waals surface area contributed by atoms with Crippen LogP contribution in [0, 0.1) is 0 Å². The molecule has 1 aromatic rings. The molecule has 2 amide bonds. The van der Waals surface area contributed by atoms with Gasteiger partial charge in [0.05, 0.1) is 20.1 Å². The second-order valence-electron chi connectivity index (χ2n) is 4.84. The third-order valence-electron chi connectivity index (χ3n) is 3.43. The van der Waals surface area contributed by atoms with Gasteiger partial charge in [-0.25, -0.2) is 0 Å². The number of hydrogen-bond acceptors (Lipinski definition) is 3. The van der Waals surface area contributed by atoms with E-state index in [2.05, 4.69) is 0 Å². The Bertz CT molecular complexity index is 467. The molecule has 0 atom stereocenters. The summed E-state index contributed by atoms with van der Waals surface area (Å²) in [6.07, 6.45) is 0.284. The number of likely N-dealkylation sites (N-methyl/N-ethyl adjacent to an activating group) is 2. The molecule has 0 aliphatic carbocycles. The fourth-order valence-corrected chi connectivity index (χ4v) is 2.02. The fraction of sp³-hybridized carbons (Fsp3) is 0.500. The number of benzene rings is 1. The van der Waals surface area contributed by atoms with Crippen molar-refractivity contribution in [2.75, 3.05) is 33.8 Å². The van der Waals surface area contributed by atoms with Crippen LogP contribution in [0.2, 0.25) is 0 Å². The number of methoxy groups -OCH3 is 1. The maximum Gasteiger partial charge on any atom is 0.242 e. The van der Waals surface area contributed by atoms with Crippen LogP contribution in [0.5, 0.6) is 5.75 Å². The summed E-state index contributed by atoms with van der Waals surface area (Å²) in [5.41, 5.74) is 0.905. The molecule has 5 heteroatoms. The molecule has 0 unspecified atom stereocenters. The zero-order valence-corrected chi connectivity index (χ0v) is 13.3. The zero-order chi connectivity index (χ0) is 15.8. The molecule has 5 nitrogen and oxygen atoms in total. The minimum absolute atomic E-state index is 0.0226. The predicted molar refractivity (Wildman–Crippen MR) is 82.3 cm³/mol. The van der Waals surface area contributed by atoms with Crippen molar-refractivity contribution in [1.29, 1.82) is 0 Å². The normalized spacial score (nSPS) is 10.1. The summed E-state index contributed by atoms with van der Waals surface area (Å²) in [6.45, 7) is 5.31. The molecule has 0 saturated carbocycles. The first-order valence-corrected chi connectivity index (χ1v) is 7.16. The molecule has 0 saturated heterocycles. The van der Waals surface area contributed by atoms with Crippen LogP contribution in [0.1, 0.15) is 19.4 Å². The van der Waals surface area contributed by atoms with Gasteiger partial charge < -0.3 is 14.5 Å². The van der Waals surface area contributed by atoms with E-state index in [1.165, 1.54) is 4.90 Å². The number of hydrogen-bond donors (Lipinski definition) is 0. The van der Waals surface area contributed by atoms with Crippen LogP contribution >= 0.6 is 0 Å². The van der Waals surface area contributed by atoms with E-state index in [0.29, 0.717) is 13.1 Å². The van der Waals surface area contributed by atoms with Crippen molar-refractivity contribution in [1.82, 2.24) is 9.80 Å². The lowest BCUT2D eigenvalue weighted by molar-refractivity contribution is -0.138. The highest BCUT2D eigenvalue weighted by Gasteiger charge is 2.16. The Morgan fingerprint density at radius 3 is 2.10 bits per heavy atom. The number of ether oxygens (including phenoxy) is 1. The molecular formula is C16H24N2O3. The van der Waals surface area contributed by atoms with Gasteiger partial charge in [-0.2, -0.15) is 0 Å². The molecule has 0 fully saturated rings. The molecule has 0 heterocycles. The third kappa shape index (κ3) is 5.10. The first-order valence-electron chi connectivity index (χ1n) is 7.16. The van der Waals surface area contributed by atoms with E-state index in [0.717, 1.165) is 11.3 Å². The lowest BCUT2D eigenvalue weighted by atomic mass is 10.1. The number of carbonyl (C=O) groups excluding carboxylic acids is 2. The van der Waals surface area contributed by atoms with Crippen LogP contribution in [-0.4, -0.2) is 55.4 Å². The van der Waals surface area contributed by atoms with E-state index < -0.39 is 0 Å². The zero-order valence-electron chi connectivity index (χ0n) is 13.3. The lowest BCUT2D eigenvalue weighted by Crippen LogP contribution is -2.41. The molecule has 0 aliphatic heterocycles. The number of carbonyl (C=O) groups is 2. The van der Waals surface area contributed by atoms with Crippen LogP contribution in [0.4, 0.5) is 0 Å². The van der Waals surface area contributed by atoms with Crippen molar-refractivity contribution in [3.8, 4) is 5.75 Å². The maximum absolute atomic E-state index is 12.1. The second kappa shape index (κ2) is 8.29. The van der Waals surface area contributed by atoms with Crippen molar-refractivity contribution in [2.24, 2.45) is 0 Å². The Morgan fingerprint density at radius 2 is 1.62 bits per heavy atom. The Kier molecular flexibility index (Phi) is 6.72. The van der Waals surface area contributed by atoms with Gasteiger partial charge in [0.25, 0.3) is 0 Å². The second-order valence-corrected chi connectivity index (χ2v) is 4.84. The molecule has 21 heavy (non-hydrogen) atoms. The van der Waals surface area contributed by atoms with E-state index in [4.69, 9.17) is 4.74 Å². The summed E-state index contributed by atoms with van der Waals surface area (Å²) in [5.74, 6) is 0.669. The van der Waals surface area contributed by atoms with Crippen molar-refractivity contribution in [3.63, 3.8) is 0 Å². The molecule has 0 N–H and O–H groups in total. The molecule has 0 radical (unpaired) electrons. The van der Waals surface area contributed by atoms with Gasteiger partial charge in [-0.15, -0.1) is 0 Å². The largest absolute Gasteiger partial charge is 0.497 e. The summed E-state index contributed by atoms with van der Waals surface area (Å²) in [6, 6.07) is 7.36. The third-order valence-corrected chi connectivity index (χ3v) is 3.43. The Hall–Kier alpha value is -2.04. The topological polar surface area (TPSA) is 49.9 Å². The minimum atomic E-state index is -0.0688. The maximum atomic E-state index is 12.1.